The summed E-state index contributed by atoms with van der Waals surface area (Å²) < 4.78 is 29.9. The van der Waals surface area contributed by atoms with E-state index in [0.29, 0.717) is 16.2 Å². The van der Waals surface area contributed by atoms with Crippen molar-refractivity contribution in [3.63, 3.8) is 0 Å². The van der Waals surface area contributed by atoms with E-state index >= 15 is 0 Å². The number of furan rings is 1. The molecule has 1 aromatic carbocycles. The predicted molar refractivity (Wildman–Crippen MR) is 64.8 cm³/mol. The number of hydrogen-bond donors (Lipinski definition) is 0. The lowest BCUT2D eigenvalue weighted by molar-refractivity contribution is 0.522. The molecule has 0 aliphatic carbocycles. The molecule has 0 bridgehead atoms. The Bertz CT molecular complexity index is 614. The number of hydrogen-bond acceptors (Lipinski definition) is 3. The van der Waals surface area contributed by atoms with Crippen molar-refractivity contribution in [2.75, 3.05) is 0 Å². The Morgan fingerprint density at radius 3 is 2.06 bits per heavy atom. The van der Waals surface area contributed by atoms with Crippen LogP contribution in [0.5, 0.6) is 0 Å². The van der Waals surface area contributed by atoms with E-state index in [0.717, 1.165) is 5.56 Å². The molecule has 0 saturated heterocycles. The number of sulfone groups is 1. The molecule has 0 radical (unpaired) electrons. The standard InChI is InChI=1S/C13H14O3S/c1-9-4-6-12(7-5-9)17(14,15)13-10(2)8-16-11(13)3/h4-8H,1-3H3. The van der Waals surface area contributed by atoms with Gasteiger partial charge in [-0.2, -0.15) is 0 Å². The summed E-state index contributed by atoms with van der Waals surface area (Å²) in [6.07, 6.45) is 1.47. The van der Waals surface area contributed by atoms with Crippen molar-refractivity contribution in [1.82, 2.24) is 0 Å². The van der Waals surface area contributed by atoms with Gasteiger partial charge in [-0.3, -0.25) is 0 Å². The highest BCUT2D eigenvalue weighted by atomic mass is 32.2. The second-order valence-corrected chi connectivity index (χ2v) is 6.01. The molecule has 2 aromatic rings. The highest BCUT2D eigenvalue weighted by Gasteiger charge is 2.24. The zero-order chi connectivity index (χ0) is 12.6. The zero-order valence-corrected chi connectivity index (χ0v) is 10.8. The molecule has 0 aliphatic heterocycles. The van der Waals surface area contributed by atoms with E-state index in [1.165, 1.54) is 6.26 Å². The van der Waals surface area contributed by atoms with Gasteiger partial charge in [0.25, 0.3) is 0 Å². The predicted octanol–water partition coefficient (Wildman–Crippen LogP) is 3.04. The molecule has 3 nitrogen and oxygen atoms in total. The van der Waals surface area contributed by atoms with Gasteiger partial charge in [-0.25, -0.2) is 8.42 Å². The van der Waals surface area contributed by atoms with Gasteiger partial charge in [0.2, 0.25) is 9.84 Å². The molecule has 90 valence electrons. The van der Waals surface area contributed by atoms with E-state index in [1.54, 1.807) is 38.1 Å². The van der Waals surface area contributed by atoms with Crippen LogP contribution in [-0.2, 0) is 9.84 Å². The summed E-state index contributed by atoms with van der Waals surface area (Å²) in [5, 5.41) is 0. The lowest BCUT2D eigenvalue weighted by Gasteiger charge is -2.04. The van der Waals surface area contributed by atoms with Gasteiger partial charge < -0.3 is 4.42 Å². The minimum absolute atomic E-state index is 0.279. The molecule has 0 spiro atoms. The van der Waals surface area contributed by atoms with Crippen molar-refractivity contribution in [2.45, 2.75) is 30.6 Å². The van der Waals surface area contributed by atoms with Crippen molar-refractivity contribution in [1.29, 1.82) is 0 Å². The maximum atomic E-state index is 12.4. The molecule has 0 unspecified atom stereocenters. The van der Waals surface area contributed by atoms with Crippen molar-refractivity contribution in [3.8, 4) is 0 Å². The van der Waals surface area contributed by atoms with Gasteiger partial charge in [0.05, 0.1) is 11.2 Å². The maximum absolute atomic E-state index is 12.4. The number of benzene rings is 1. The second-order valence-electron chi connectivity index (χ2n) is 4.12. The topological polar surface area (TPSA) is 47.3 Å². The molecule has 0 aliphatic rings. The largest absolute Gasteiger partial charge is 0.468 e. The maximum Gasteiger partial charge on any atom is 0.210 e. The van der Waals surface area contributed by atoms with Gasteiger partial charge in [0.15, 0.2) is 0 Å². The van der Waals surface area contributed by atoms with Crippen molar-refractivity contribution < 1.29 is 12.8 Å². The Balaban J connectivity index is 2.62. The van der Waals surface area contributed by atoms with E-state index in [9.17, 15) is 8.42 Å². The Morgan fingerprint density at radius 1 is 1.00 bits per heavy atom. The Kier molecular flexibility index (Phi) is 2.83. The number of aryl methyl sites for hydroxylation is 3. The van der Waals surface area contributed by atoms with Gasteiger partial charge in [0.1, 0.15) is 10.7 Å². The third-order valence-electron chi connectivity index (χ3n) is 2.69. The van der Waals surface area contributed by atoms with Crippen LogP contribution in [0.2, 0.25) is 0 Å². The van der Waals surface area contributed by atoms with E-state index in [4.69, 9.17) is 4.42 Å². The molecule has 0 atom stereocenters. The van der Waals surface area contributed by atoms with Crippen molar-refractivity contribution in [3.05, 3.63) is 47.4 Å². The van der Waals surface area contributed by atoms with E-state index in [1.807, 2.05) is 6.92 Å². The molecule has 17 heavy (non-hydrogen) atoms. The first-order valence-electron chi connectivity index (χ1n) is 5.29. The summed E-state index contributed by atoms with van der Waals surface area (Å²) >= 11 is 0. The average molecular weight is 250 g/mol. The van der Waals surface area contributed by atoms with Crippen LogP contribution in [0.15, 0.2) is 44.7 Å². The minimum atomic E-state index is -3.47. The first-order valence-corrected chi connectivity index (χ1v) is 6.77. The molecule has 0 N–H and O–H groups in total. The summed E-state index contributed by atoms with van der Waals surface area (Å²) in [6, 6.07) is 6.82. The molecule has 4 heteroatoms. The molecule has 0 amide bonds. The third-order valence-corrected chi connectivity index (χ3v) is 4.73. The molecule has 1 aromatic heterocycles. The van der Waals surface area contributed by atoms with Crippen molar-refractivity contribution in [2.24, 2.45) is 0 Å². The molecular formula is C13H14O3S. The van der Waals surface area contributed by atoms with Gasteiger partial charge in [-0.15, -0.1) is 0 Å². The first kappa shape index (κ1) is 11.9. The first-order chi connectivity index (χ1) is 7.93. The van der Waals surface area contributed by atoms with Crippen LogP contribution >= 0.6 is 0 Å². The SMILES string of the molecule is Cc1ccc(S(=O)(=O)c2c(C)coc2C)cc1. The minimum Gasteiger partial charge on any atom is -0.468 e. The summed E-state index contributed by atoms with van der Waals surface area (Å²) in [7, 11) is -3.47. The highest BCUT2D eigenvalue weighted by Crippen LogP contribution is 2.28. The normalized spacial score (nSPS) is 11.7. The van der Waals surface area contributed by atoms with Gasteiger partial charge in [-0.05, 0) is 32.9 Å². The Labute approximate surface area is 101 Å². The molecular weight excluding hydrogens is 236 g/mol. The van der Waals surface area contributed by atoms with E-state index < -0.39 is 9.84 Å². The summed E-state index contributed by atoms with van der Waals surface area (Å²) in [6.45, 7) is 5.32. The molecule has 0 fully saturated rings. The van der Waals surface area contributed by atoms with Gasteiger partial charge >= 0.3 is 0 Å². The summed E-state index contributed by atoms with van der Waals surface area (Å²) in [4.78, 5) is 0.581. The monoisotopic (exact) mass is 250 g/mol. The van der Waals surface area contributed by atoms with Gasteiger partial charge in [0, 0.05) is 5.56 Å². The quantitative estimate of drug-likeness (QED) is 0.823. The fourth-order valence-electron chi connectivity index (χ4n) is 1.80. The number of rotatable bonds is 2. The Hall–Kier alpha value is -1.55. The molecule has 0 saturated carbocycles. The van der Waals surface area contributed by atoms with Crippen LogP contribution in [-0.4, -0.2) is 8.42 Å². The van der Waals surface area contributed by atoms with E-state index in [2.05, 4.69) is 0 Å². The van der Waals surface area contributed by atoms with Crippen LogP contribution in [0.1, 0.15) is 16.9 Å². The van der Waals surface area contributed by atoms with Crippen LogP contribution in [0.3, 0.4) is 0 Å². The zero-order valence-electron chi connectivity index (χ0n) is 10.0. The van der Waals surface area contributed by atoms with E-state index in [-0.39, 0.29) is 4.90 Å². The lowest BCUT2D eigenvalue weighted by Crippen LogP contribution is -2.03. The smallest absolute Gasteiger partial charge is 0.210 e. The summed E-state index contributed by atoms with van der Waals surface area (Å²) in [5.41, 5.74) is 1.67. The fourth-order valence-corrected chi connectivity index (χ4v) is 3.43. The van der Waals surface area contributed by atoms with Crippen LogP contribution in [0.25, 0.3) is 0 Å². The van der Waals surface area contributed by atoms with Crippen LogP contribution in [0, 0.1) is 20.8 Å². The average Bonchev–Trinajstić information content (AvgIpc) is 2.59. The molecule has 1 heterocycles. The molecule has 2 rings (SSSR count). The van der Waals surface area contributed by atoms with Gasteiger partial charge in [-0.1, -0.05) is 17.7 Å². The summed E-state index contributed by atoms with van der Waals surface area (Å²) in [5.74, 6) is 0.433. The lowest BCUT2D eigenvalue weighted by atomic mass is 10.2. The van der Waals surface area contributed by atoms with Crippen LogP contribution < -0.4 is 0 Å². The second kappa shape index (κ2) is 4.04. The van der Waals surface area contributed by atoms with Crippen LogP contribution in [0.4, 0.5) is 0 Å². The fraction of sp³-hybridized carbons (Fsp3) is 0.231. The third kappa shape index (κ3) is 2.00. The highest BCUT2D eigenvalue weighted by molar-refractivity contribution is 7.91. The van der Waals surface area contributed by atoms with Crippen molar-refractivity contribution >= 4 is 9.84 Å². The Morgan fingerprint density at radius 2 is 1.59 bits per heavy atom.